The molecule has 3 heteroatoms. The number of ether oxygens (including phenoxy) is 1. The Morgan fingerprint density at radius 3 is 2.25 bits per heavy atom. The summed E-state index contributed by atoms with van der Waals surface area (Å²) in [5.74, 6) is -0.328. The number of esters is 1. The van der Waals surface area contributed by atoms with Gasteiger partial charge in [-0.25, -0.2) is 4.79 Å². The van der Waals surface area contributed by atoms with Crippen molar-refractivity contribution in [1.29, 1.82) is 0 Å². The van der Waals surface area contributed by atoms with Crippen molar-refractivity contribution in [3.8, 4) is 0 Å². The van der Waals surface area contributed by atoms with Gasteiger partial charge in [0, 0.05) is 11.8 Å². The van der Waals surface area contributed by atoms with Crippen LogP contribution >= 0.6 is 0 Å². The Morgan fingerprint density at radius 2 is 1.69 bits per heavy atom. The third-order valence-corrected chi connectivity index (χ3v) is 2.34. The maximum absolute atomic E-state index is 11.0. The second-order valence-corrected chi connectivity index (χ2v) is 4.18. The van der Waals surface area contributed by atoms with Crippen LogP contribution in [0, 0.1) is 0 Å². The summed E-state index contributed by atoms with van der Waals surface area (Å²) in [4.78, 5) is 11.0. The van der Waals surface area contributed by atoms with Crippen molar-refractivity contribution >= 4 is 5.97 Å². The van der Waals surface area contributed by atoms with E-state index in [0.29, 0.717) is 12.3 Å². The first-order valence-corrected chi connectivity index (χ1v) is 6.27. The number of hydrogen-bond donors (Lipinski definition) is 1. The number of nitrogens with two attached hydrogens (primary N) is 1. The van der Waals surface area contributed by atoms with E-state index in [9.17, 15) is 4.79 Å². The minimum atomic E-state index is -0.328. The van der Waals surface area contributed by atoms with E-state index >= 15 is 0 Å². The Hall–Kier alpha value is -0.990. The first-order valence-electron chi connectivity index (χ1n) is 6.27. The third kappa shape index (κ3) is 11.1. The molecule has 0 heterocycles. The molecule has 0 radical (unpaired) electrons. The molecular formula is C13H25NO2. The summed E-state index contributed by atoms with van der Waals surface area (Å²) in [7, 11) is 0. The second kappa shape index (κ2) is 10.5. The van der Waals surface area contributed by atoms with Crippen LogP contribution in [0.2, 0.25) is 0 Å². The Labute approximate surface area is 99.0 Å². The van der Waals surface area contributed by atoms with Gasteiger partial charge in [0.05, 0.1) is 6.61 Å². The second-order valence-electron chi connectivity index (χ2n) is 4.18. The van der Waals surface area contributed by atoms with Crippen molar-refractivity contribution in [2.24, 2.45) is 5.73 Å². The van der Waals surface area contributed by atoms with E-state index in [1.165, 1.54) is 38.2 Å². The van der Waals surface area contributed by atoms with Crippen LogP contribution in [-0.4, -0.2) is 12.6 Å². The molecule has 0 aliphatic carbocycles. The highest BCUT2D eigenvalue weighted by molar-refractivity contribution is 5.82. The summed E-state index contributed by atoms with van der Waals surface area (Å²) in [6, 6.07) is 0. The molecule has 0 fully saturated rings. The minimum absolute atomic E-state index is 0.328. The molecule has 0 bridgehead atoms. The minimum Gasteiger partial charge on any atom is -0.462 e. The van der Waals surface area contributed by atoms with E-state index in [0.717, 1.165) is 12.8 Å². The fraction of sp³-hybridized carbons (Fsp3) is 0.769. The molecule has 2 N–H and O–H groups in total. The summed E-state index contributed by atoms with van der Waals surface area (Å²) in [6.07, 6.45) is 9.88. The van der Waals surface area contributed by atoms with Gasteiger partial charge < -0.3 is 10.5 Å². The van der Waals surface area contributed by atoms with E-state index in [1.54, 1.807) is 6.92 Å². The first kappa shape index (κ1) is 15.0. The number of hydrogen-bond acceptors (Lipinski definition) is 3. The third-order valence-electron chi connectivity index (χ3n) is 2.34. The predicted octanol–water partition coefficient (Wildman–Crippen LogP) is 3.14. The topological polar surface area (TPSA) is 52.3 Å². The highest BCUT2D eigenvalue weighted by atomic mass is 16.5. The molecule has 94 valence electrons. The molecule has 0 aliphatic heterocycles. The Morgan fingerprint density at radius 1 is 1.12 bits per heavy atom. The summed E-state index contributed by atoms with van der Waals surface area (Å²) < 4.78 is 4.99. The Balaban J connectivity index is 3.21. The van der Waals surface area contributed by atoms with Gasteiger partial charge in [0.1, 0.15) is 0 Å². The van der Waals surface area contributed by atoms with Crippen LogP contribution in [0.5, 0.6) is 0 Å². The van der Waals surface area contributed by atoms with Gasteiger partial charge in [-0.3, -0.25) is 0 Å². The fourth-order valence-electron chi connectivity index (χ4n) is 1.46. The van der Waals surface area contributed by atoms with Crippen LogP contribution in [0.3, 0.4) is 0 Å². The van der Waals surface area contributed by atoms with E-state index < -0.39 is 0 Å². The largest absolute Gasteiger partial charge is 0.462 e. The molecule has 0 amide bonds. The fourth-order valence-corrected chi connectivity index (χ4v) is 1.46. The molecule has 3 nitrogen and oxygen atoms in total. The lowest BCUT2D eigenvalue weighted by Crippen LogP contribution is -2.05. The number of unbranched alkanes of at least 4 members (excludes halogenated alkanes) is 6. The van der Waals surface area contributed by atoms with Crippen LogP contribution < -0.4 is 5.73 Å². The van der Waals surface area contributed by atoms with Crippen molar-refractivity contribution in [3.05, 3.63) is 11.8 Å². The predicted molar refractivity (Wildman–Crippen MR) is 66.9 cm³/mol. The molecule has 0 aromatic rings. The zero-order valence-corrected chi connectivity index (χ0v) is 10.6. The summed E-state index contributed by atoms with van der Waals surface area (Å²) >= 11 is 0. The number of carbonyl (C=O) groups excluding carboxylic acids is 1. The van der Waals surface area contributed by atoms with E-state index in [1.807, 2.05) is 0 Å². The molecule has 0 unspecified atom stereocenters. The SMILES string of the molecule is CCCCCCCCCOC(=O)C=C(C)N. The van der Waals surface area contributed by atoms with E-state index in [2.05, 4.69) is 6.92 Å². The maximum atomic E-state index is 11.0. The molecule has 0 spiro atoms. The van der Waals surface area contributed by atoms with Crippen LogP contribution in [0.25, 0.3) is 0 Å². The van der Waals surface area contributed by atoms with E-state index in [-0.39, 0.29) is 5.97 Å². The Bertz CT molecular complexity index is 208. The molecular weight excluding hydrogens is 202 g/mol. The number of carbonyl (C=O) groups is 1. The van der Waals surface area contributed by atoms with Crippen molar-refractivity contribution in [2.75, 3.05) is 6.61 Å². The highest BCUT2D eigenvalue weighted by Gasteiger charge is 1.97. The number of allylic oxidation sites excluding steroid dienone is 1. The maximum Gasteiger partial charge on any atom is 0.332 e. The van der Waals surface area contributed by atoms with Gasteiger partial charge in [0.2, 0.25) is 0 Å². The smallest absolute Gasteiger partial charge is 0.332 e. The summed E-state index contributed by atoms with van der Waals surface area (Å²) in [5.41, 5.74) is 5.84. The van der Waals surface area contributed by atoms with Crippen LogP contribution in [-0.2, 0) is 9.53 Å². The lowest BCUT2D eigenvalue weighted by molar-refractivity contribution is -0.137. The molecule has 0 saturated carbocycles. The lowest BCUT2D eigenvalue weighted by atomic mass is 10.1. The molecule has 0 aromatic carbocycles. The quantitative estimate of drug-likeness (QED) is 0.374. The van der Waals surface area contributed by atoms with E-state index in [4.69, 9.17) is 10.5 Å². The average Bonchev–Trinajstić information content (AvgIpc) is 2.21. The molecule has 16 heavy (non-hydrogen) atoms. The van der Waals surface area contributed by atoms with Gasteiger partial charge >= 0.3 is 5.97 Å². The highest BCUT2D eigenvalue weighted by Crippen LogP contribution is 2.06. The molecule has 0 atom stereocenters. The van der Waals surface area contributed by atoms with Crippen LogP contribution in [0.15, 0.2) is 11.8 Å². The Kier molecular flexibility index (Phi) is 9.87. The van der Waals surface area contributed by atoms with Gasteiger partial charge in [0.25, 0.3) is 0 Å². The molecule has 0 aromatic heterocycles. The molecule has 0 saturated heterocycles. The number of rotatable bonds is 9. The van der Waals surface area contributed by atoms with Gasteiger partial charge in [-0.15, -0.1) is 0 Å². The molecule has 0 rings (SSSR count). The van der Waals surface area contributed by atoms with Gasteiger partial charge in [-0.05, 0) is 13.3 Å². The summed E-state index contributed by atoms with van der Waals surface area (Å²) in [6.45, 7) is 4.40. The standard InChI is InChI=1S/C13H25NO2/c1-3-4-5-6-7-8-9-10-16-13(15)11-12(2)14/h11H,3-10,14H2,1-2H3. The van der Waals surface area contributed by atoms with Crippen molar-refractivity contribution < 1.29 is 9.53 Å². The van der Waals surface area contributed by atoms with Gasteiger partial charge in [-0.2, -0.15) is 0 Å². The zero-order valence-electron chi connectivity index (χ0n) is 10.6. The van der Waals surface area contributed by atoms with Crippen molar-refractivity contribution in [3.63, 3.8) is 0 Å². The molecule has 0 aliphatic rings. The van der Waals surface area contributed by atoms with Gasteiger partial charge in [-0.1, -0.05) is 45.4 Å². The van der Waals surface area contributed by atoms with Gasteiger partial charge in [0.15, 0.2) is 0 Å². The van der Waals surface area contributed by atoms with Crippen LogP contribution in [0.4, 0.5) is 0 Å². The van der Waals surface area contributed by atoms with Crippen molar-refractivity contribution in [1.82, 2.24) is 0 Å². The average molecular weight is 227 g/mol. The zero-order chi connectivity index (χ0) is 12.2. The normalized spacial score (nSPS) is 11.5. The van der Waals surface area contributed by atoms with Crippen LogP contribution in [0.1, 0.15) is 58.8 Å². The summed E-state index contributed by atoms with van der Waals surface area (Å²) in [5, 5.41) is 0. The lowest BCUT2D eigenvalue weighted by Gasteiger charge is -2.02. The monoisotopic (exact) mass is 227 g/mol. The first-order chi connectivity index (χ1) is 7.66. The van der Waals surface area contributed by atoms with Crippen molar-refractivity contribution in [2.45, 2.75) is 58.8 Å².